The Labute approximate surface area is 113 Å². The van der Waals surface area contributed by atoms with E-state index in [1.807, 2.05) is 12.1 Å². The normalized spacial score (nSPS) is 11.2. The van der Waals surface area contributed by atoms with Gasteiger partial charge in [-0.3, -0.25) is 5.43 Å². The van der Waals surface area contributed by atoms with Crippen LogP contribution >= 0.6 is 11.6 Å². The van der Waals surface area contributed by atoms with Crippen molar-refractivity contribution < 1.29 is 0 Å². The van der Waals surface area contributed by atoms with Gasteiger partial charge < -0.3 is 4.98 Å². The summed E-state index contributed by atoms with van der Waals surface area (Å²) in [6.07, 6.45) is 4.68. The van der Waals surface area contributed by atoms with Gasteiger partial charge in [-0.2, -0.15) is 5.10 Å². The highest BCUT2D eigenvalue weighted by Crippen LogP contribution is 2.14. The monoisotopic (exact) mass is 272 g/mol. The lowest BCUT2D eigenvalue weighted by Gasteiger charge is -1.99. The molecule has 0 aliphatic rings. The molecule has 0 fully saturated rings. The van der Waals surface area contributed by atoms with Gasteiger partial charge in [0, 0.05) is 5.02 Å². The van der Waals surface area contributed by atoms with Crippen LogP contribution in [0.15, 0.2) is 42.0 Å². The minimum Gasteiger partial charge on any atom is -0.340 e. The third kappa shape index (κ3) is 2.53. The number of rotatable bonds is 3. The molecular weight excluding hydrogens is 264 g/mol. The van der Waals surface area contributed by atoms with Gasteiger partial charge in [0.1, 0.15) is 11.8 Å². The number of benzene rings is 1. The van der Waals surface area contributed by atoms with Crippen molar-refractivity contribution in [3.05, 3.63) is 47.5 Å². The highest BCUT2D eigenvalue weighted by Gasteiger charge is 2.03. The van der Waals surface area contributed by atoms with Crippen molar-refractivity contribution in [3.8, 4) is 0 Å². The number of hydrazone groups is 1. The molecule has 94 valence electrons. The Morgan fingerprint density at radius 3 is 2.84 bits per heavy atom. The zero-order valence-electron chi connectivity index (χ0n) is 9.71. The molecule has 0 saturated carbocycles. The maximum atomic E-state index is 5.81. The second-order valence-electron chi connectivity index (χ2n) is 3.74. The molecule has 3 rings (SSSR count). The smallest absolute Gasteiger partial charge is 0.182 e. The second kappa shape index (κ2) is 5.03. The Kier molecular flexibility index (Phi) is 3.07. The SMILES string of the molecule is Clc1ccc(/C=N\Nc2ncnc3nc[nH]c23)cc1. The zero-order valence-corrected chi connectivity index (χ0v) is 10.5. The lowest BCUT2D eigenvalue weighted by Crippen LogP contribution is -1.95. The Bertz CT molecular complexity index is 718. The van der Waals surface area contributed by atoms with Gasteiger partial charge in [-0.25, -0.2) is 15.0 Å². The Balaban J connectivity index is 1.78. The molecule has 2 N–H and O–H groups in total. The van der Waals surface area contributed by atoms with Gasteiger partial charge in [0.25, 0.3) is 0 Å². The Morgan fingerprint density at radius 1 is 1.16 bits per heavy atom. The molecule has 0 amide bonds. The number of anilines is 1. The predicted octanol–water partition coefficient (Wildman–Crippen LogP) is 2.45. The van der Waals surface area contributed by atoms with E-state index in [4.69, 9.17) is 11.6 Å². The van der Waals surface area contributed by atoms with Crippen molar-refractivity contribution in [1.29, 1.82) is 0 Å². The van der Waals surface area contributed by atoms with E-state index in [1.54, 1.807) is 24.7 Å². The molecule has 0 bridgehead atoms. The molecule has 0 aliphatic carbocycles. The van der Waals surface area contributed by atoms with E-state index in [0.717, 1.165) is 11.1 Å². The largest absolute Gasteiger partial charge is 0.340 e. The van der Waals surface area contributed by atoms with Crippen LogP contribution < -0.4 is 5.43 Å². The number of hydrogen-bond donors (Lipinski definition) is 2. The van der Waals surface area contributed by atoms with E-state index < -0.39 is 0 Å². The molecule has 0 saturated heterocycles. The first-order valence-corrected chi connectivity index (χ1v) is 5.89. The molecule has 19 heavy (non-hydrogen) atoms. The Hall–Kier alpha value is -2.47. The van der Waals surface area contributed by atoms with E-state index >= 15 is 0 Å². The van der Waals surface area contributed by atoms with E-state index in [-0.39, 0.29) is 0 Å². The molecule has 0 aliphatic heterocycles. The van der Waals surface area contributed by atoms with Crippen LogP contribution in [0.25, 0.3) is 11.2 Å². The van der Waals surface area contributed by atoms with Crippen LogP contribution in [0.5, 0.6) is 0 Å². The molecule has 6 nitrogen and oxygen atoms in total. The van der Waals surface area contributed by atoms with Crippen LogP contribution in [0.3, 0.4) is 0 Å². The second-order valence-corrected chi connectivity index (χ2v) is 4.18. The lowest BCUT2D eigenvalue weighted by molar-refractivity contribution is 1.17. The molecule has 2 aromatic heterocycles. The van der Waals surface area contributed by atoms with Crippen LogP contribution in [0.1, 0.15) is 5.56 Å². The fourth-order valence-corrected chi connectivity index (χ4v) is 1.69. The number of aromatic nitrogens is 4. The molecule has 0 spiro atoms. The van der Waals surface area contributed by atoms with Crippen LogP contribution in [0.2, 0.25) is 5.02 Å². The lowest BCUT2D eigenvalue weighted by atomic mass is 10.2. The van der Waals surface area contributed by atoms with Crippen LogP contribution in [0.4, 0.5) is 5.82 Å². The van der Waals surface area contributed by atoms with Crippen molar-refractivity contribution in [3.63, 3.8) is 0 Å². The molecule has 3 aromatic rings. The van der Waals surface area contributed by atoms with Crippen LogP contribution in [-0.4, -0.2) is 26.2 Å². The van der Waals surface area contributed by atoms with Gasteiger partial charge in [-0.05, 0) is 17.7 Å². The number of imidazole rings is 1. The third-order valence-electron chi connectivity index (χ3n) is 2.48. The number of halogens is 1. The maximum Gasteiger partial charge on any atom is 0.182 e. The zero-order chi connectivity index (χ0) is 13.1. The van der Waals surface area contributed by atoms with E-state index in [2.05, 4.69) is 30.5 Å². The number of aromatic amines is 1. The quantitative estimate of drug-likeness (QED) is 0.567. The fourth-order valence-electron chi connectivity index (χ4n) is 1.57. The number of nitrogens with zero attached hydrogens (tertiary/aromatic N) is 4. The number of fused-ring (bicyclic) bond motifs is 1. The summed E-state index contributed by atoms with van der Waals surface area (Å²) >= 11 is 5.81. The first-order chi connectivity index (χ1) is 9.33. The molecular formula is C12H9ClN6. The fraction of sp³-hybridized carbons (Fsp3) is 0. The van der Waals surface area contributed by atoms with Gasteiger partial charge in [-0.1, -0.05) is 23.7 Å². The standard InChI is InChI=1S/C12H9ClN6/c13-9-3-1-8(2-4-9)5-18-19-12-10-11(15-6-14-10)16-7-17-12/h1-7H,(H2,14,15,16,17,19)/b18-5-. The first kappa shape index (κ1) is 11.6. The van der Waals surface area contributed by atoms with E-state index in [0.29, 0.717) is 16.5 Å². The Morgan fingerprint density at radius 2 is 2.00 bits per heavy atom. The summed E-state index contributed by atoms with van der Waals surface area (Å²) in [5, 5.41) is 4.81. The average Bonchev–Trinajstić information content (AvgIpc) is 2.90. The molecule has 0 unspecified atom stereocenters. The molecule has 0 atom stereocenters. The highest BCUT2D eigenvalue weighted by molar-refractivity contribution is 6.30. The van der Waals surface area contributed by atoms with Gasteiger partial charge in [0.05, 0.1) is 12.5 Å². The van der Waals surface area contributed by atoms with Crippen molar-refractivity contribution in [1.82, 2.24) is 19.9 Å². The van der Waals surface area contributed by atoms with E-state index in [1.165, 1.54) is 6.33 Å². The summed E-state index contributed by atoms with van der Waals surface area (Å²) in [5.74, 6) is 0.577. The van der Waals surface area contributed by atoms with Crippen molar-refractivity contribution in [2.45, 2.75) is 0 Å². The van der Waals surface area contributed by atoms with Gasteiger partial charge in [0.15, 0.2) is 11.5 Å². The van der Waals surface area contributed by atoms with Gasteiger partial charge >= 0.3 is 0 Å². The molecule has 1 aromatic carbocycles. The minimum atomic E-state index is 0.577. The van der Waals surface area contributed by atoms with Crippen molar-refractivity contribution in [2.75, 3.05) is 5.43 Å². The van der Waals surface area contributed by atoms with Gasteiger partial charge in [-0.15, -0.1) is 0 Å². The van der Waals surface area contributed by atoms with E-state index in [9.17, 15) is 0 Å². The molecule has 0 radical (unpaired) electrons. The van der Waals surface area contributed by atoms with Crippen LogP contribution in [0, 0.1) is 0 Å². The summed E-state index contributed by atoms with van der Waals surface area (Å²) in [6, 6.07) is 7.36. The maximum absolute atomic E-state index is 5.81. The number of H-pyrrole nitrogens is 1. The molecule has 7 heteroatoms. The summed E-state index contributed by atoms with van der Waals surface area (Å²) < 4.78 is 0. The number of hydrogen-bond acceptors (Lipinski definition) is 5. The van der Waals surface area contributed by atoms with Crippen molar-refractivity contribution in [2.24, 2.45) is 5.10 Å². The van der Waals surface area contributed by atoms with Crippen molar-refractivity contribution >= 4 is 34.8 Å². The highest BCUT2D eigenvalue weighted by atomic mass is 35.5. The topological polar surface area (TPSA) is 78.8 Å². The van der Waals surface area contributed by atoms with Crippen LogP contribution in [-0.2, 0) is 0 Å². The third-order valence-corrected chi connectivity index (χ3v) is 2.73. The first-order valence-electron chi connectivity index (χ1n) is 5.51. The van der Waals surface area contributed by atoms with Gasteiger partial charge in [0.2, 0.25) is 0 Å². The average molecular weight is 273 g/mol. The predicted molar refractivity (Wildman–Crippen MR) is 74.4 cm³/mol. The number of nitrogens with one attached hydrogen (secondary N) is 2. The summed E-state index contributed by atoms with van der Waals surface area (Å²) in [4.78, 5) is 15.1. The summed E-state index contributed by atoms with van der Waals surface area (Å²) in [7, 11) is 0. The minimum absolute atomic E-state index is 0.577. The molecule has 2 heterocycles. The summed E-state index contributed by atoms with van der Waals surface area (Å²) in [5.41, 5.74) is 5.10. The summed E-state index contributed by atoms with van der Waals surface area (Å²) in [6.45, 7) is 0.